The van der Waals surface area contributed by atoms with Gasteiger partial charge in [-0.1, -0.05) is 23.4 Å². The molecule has 2 aliphatic rings. The van der Waals surface area contributed by atoms with E-state index in [9.17, 15) is 0 Å². The van der Waals surface area contributed by atoms with E-state index in [4.69, 9.17) is 4.52 Å². The molecule has 0 bridgehead atoms. The van der Waals surface area contributed by atoms with Gasteiger partial charge in [-0.2, -0.15) is 4.98 Å². The van der Waals surface area contributed by atoms with Crippen LogP contribution in [0.3, 0.4) is 0 Å². The second kappa shape index (κ2) is 6.08. The van der Waals surface area contributed by atoms with Gasteiger partial charge < -0.3 is 14.7 Å². The Labute approximate surface area is 130 Å². The fraction of sp³-hybridized carbons (Fsp3) is 0.529. The molecule has 1 saturated carbocycles. The molecule has 2 aromatic rings. The first kappa shape index (κ1) is 13.8. The fourth-order valence-electron chi connectivity index (χ4n) is 3.05. The molecule has 5 nitrogen and oxygen atoms in total. The van der Waals surface area contributed by atoms with Crippen molar-refractivity contribution in [3.8, 4) is 0 Å². The zero-order chi connectivity index (χ0) is 14.8. The van der Waals surface area contributed by atoms with Gasteiger partial charge in [-0.05, 0) is 31.4 Å². The smallest absolute Gasteiger partial charge is 0.229 e. The largest absolute Gasteiger partial charge is 0.370 e. The maximum Gasteiger partial charge on any atom is 0.229 e. The highest BCUT2D eigenvalue weighted by Crippen LogP contribution is 2.38. The van der Waals surface area contributed by atoms with E-state index < -0.39 is 0 Å². The van der Waals surface area contributed by atoms with E-state index >= 15 is 0 Å². The topological polar surface area (TPSA) is 54.2 Å². The van der Waals surface area contributed by atoms with Crippen LogP contribution in [0.1, 0.15) is 36.9 Å². The molecular weight excluding hydrogens is 276 g/mol. The highest BCUT2D eigenvalue weighted by atomic mass is 16.5. The van der Waals surface area contributed by atoms with Gasteiger partial charge in [-0.25, -0.2) is 0 Å². The minimum absolute atomic E-state index is 0.545. The van der Waals surface area contributed by atoms with Crippen molar-refractivity contribution in [1.82, 2.24) is 15.5 Å². The maximum absolute atomic E-state index is 5.29. The Morgan fingerprint density at radius 3 is 2.86 bits per heavy atom. The van der Waals surface area contributed by atoms with Crippen molar-refractivity contribution < 1.29 is 4.52 Å². The molecular formula is C17H22N4O. The fourth-order valence-corrected chi connectivity index (χ4v) is 3.05. The van der Waals surface area contributed by atoms with Crippen molar-refractivity contribution in [2.45, 2.75) is 37.6 Å². The first-order valence-electron chi connectivity index (χ1n) is 8.24. The molecule has 1 saturated heterocycles. The Morgan fingerprint density at radius 1 is 1.18 bits per heavy atom. The average molecular weight is 298 g/mol. The summed E-state index contributed by atoms with van der Waals surface area (Å²) in [5.74, 6) is 2.22. The minimum atomic E-state index is 0.545. The van der Waals surface area contributed by atoms with Crippen LogP contribution in [-0.2, 0) is 6.42 Å². The molecule has 1 atom stereocenters. The zero-order valence-electron chi connectivity index (χ0n) is 12.7. The summed E-state index contributed by atoms with van der Waals surface area (Å²) >= 11 is 0. The van der Waals surface area contributed by atoms with Gasteiger partial charge in [0.15, 0.2) is 5.82 Å². The molecule has 1 aromatic heterocycles. The monoisotopic (exact) mass is 298 g/mol. The van der Waals surface area contributed by atoms with Crippen LogP contribution in [0.4, 0.5) is 5.69 Å². The number of anilines is 1. The van der Waals surface area contributed by atoms with Crippen molar-refractivity contribution in [1.29, 1.82) is 0 Å². The summed E-state index contributed by atoms with van der Waals surface area (Å²) in [4.78, 5) is 6.91. The summed E-state index contributed by atoms with van der Waals surface area (Å²) < 4.78 is 5.29. The van der Waals surface area contributed by atoms with Crippen LogP contribution in [0.25, 0.3) is 0 Å². The first-order valence-corrected chi connectivity index (χ1v) is 8.24. The summed E-state index contributed by atoms with van der Waals surface area (Å²) in [6.45, 7) is 3.11. The van der Waals surface area contributed by atoms with Gasteiger partial charge in [0.2, 0.25) is 5.89 Å². The van der Waals surface area contributed by atoms with Gasteiger partial charge in [0.1, 0.15) is 0 Å². The number of nitrogens with zero attached hydrogens (tertiary/aromatic N) is 3. The predicted octanol–water partition coefficient (Wildman–Crippen LogP) is 2.36. The molecule has 1 aliphatic carbocycles. The lowest BCUT2D eigenvalue weighted by atomic mass is 10.2. The number of aromatic nitrogens is 2. The van der Waals surface area contributed by atoms with Crippen LogP contribution in [-0.4, -0.2) is 35.8 Å². The van der Waals surface area contributed by atoms with E-state index in [1.54, 1.807) is 0 Å². The quantitative estimate of drug-likeness (QED) is 0.887. The van der Waals surface area contributed by atoms with E-state index in [0.717, 1.165) is 37.8 Å². The van der Waals surface area contributed by atoms with E-state index in [1.807, 2.05) is 0 Å². The number of hydrogen-bond acceptors (Lipinski definition) is 5. The molecule has 0 radical (unpaired) electrons. The Balaban J connectivity index is 1.23. The molecule has 0 unspecified atom stereocenters. The molecule has 1 N–H and O–H groups in total. The van der Waals surface area contributed by atoms with Crippen LogP contribution < -0.4 is 10.2 Å². The number of benzene rings is 1. The second-order valence-corrected chi connectivity index (χ2v) is 6.29. The molecule has 2 fully saturated rings. The van der Waals surface area contributed by atoms with Gasteiger partial charge >= 0.3 is 0 Å². The van der Waals surface area contributed by atoms with Crippen LogP contribution in [0.5, 0.6) is 0 Å². The number of nitrogens with one attached hydrogen (secondary N) is 1. The van der Waals surface area contributed by atoms with Gasteiger partial charge in [0, 0.05) is 43.7 Å². The molecule has 1 aliphatic heterocycles. The Bertz CT molecular complexity index is 608. The summed E-state index contributed by atoms with van der Waals surface area (Å²) in [7, 11) is 0. The maximum atomic E-state index is 5.29. The van der Waals surface area contributed by atoms with Crippen molar-refractivity contribution in [3.05, 3.63) is 42.0 Å². The molecule has 4 rings (SSSR count). The van der Waals surface area contributed by atoms with Crippen LogP contribution in [0.2, 0.25) is 0 Å². The molecule has 0 amide bonds. The average Bonchev–Trinajstić information content (AvgIpc) is 3.11. The SMILES string of the molecule is c1ccc(N2CC[C@@H](NCCc3noc(C4CC4)n3)C2)cc1. The molecule has 5 heteroatoms. The lowest BCUT2D eigenvalue weighted by Gasteiger charge is -2.18. The lowest BCUT2D eigenvalue weighted by Crippen LogP contribution is -2.34. The first-order chi connectivity index (χ1) is 10.9. The van der Waals surface area contributed by atoms with E-state index in [2.05, 4.69) is 50.7 Å². The standard InChI is InChI=1S/C17H22N4O/c1-2-4-15(5-3-1)21-11-9-14(12-21)18-10-8-16-19-17(22-20-16)13-6-7-13/h1-5,13-14,18H,6-12H2/t14-/m1/s1. The minimum Gasteiger partial charge on any atom is -0.370 e. The normalized spacial score (nSPS) is 21.5. The Kier molecular flexibility index (Phi) is 3.81. The van der Waals surface area contributed by atoms with Crippen LogP contribution >= 0.6 is 0 Å². The highest BCUT2D eigenvalue weighted by Gasteiger charge is 2.29. The molecule has 1 aromatic carbocycles. The highest BCUT2D eigenvalue weighted by molar-refractivity contribution is 5.47. The van der Waals surface area contributed by atoms with E-state index in [0.29, 0.717) is 12.0 Å². The van der Waals surface area contributed by atoms with E-state index in [-0.39, 0.29) is 0 Å². The van der Waals surface area contributed by atoms with Gasteiger partial charge in [-0.3, -0.25) is 0 Å². The summed E-state index contributed by atoms with van der Waals surface area (Å²) in [5.41, 5.74) is 1.32. The number of para-hydroxylation sites is 1. The number of rotatable bonds is 6. The summed E-state index contributed by atoms with van der Waals surface area (Å²) in [6, 6.07) is 11.2. The Hall–Kier alpha value is -1.88. The lowest BCUT2D eigenvalue weighted by molar-refractivity contribution is 0.373. The Morgan fingerprint density at radius 2 is 2.05 bits per heavy atom. The van der Waals surface area contributed by atoms with Gasteiger partial charge in [-0.15, -0.1) is 0 Å². The second-order valence-electron chi connectivity index (χ2n) is 6.29. The molecule has 0 spiro atoms. The third kappa shape index (κ3) is 3.14. The summed E-state index contributed by atoms with van der Waals surface area (Å²) in [6.07, 6.45) is 4.45. The van der Waals surface area contributed by atoms with Gasteiger partial charge in [0.25, 0.3) is 0 Å². The van der Waals surface area contributed by atoms with Crippen LogP contribution in [0.15, 0.2) is 34.9 Å². The van der Waals surface area contributed by atoms with E-state index in [1.165, 1.54) is 24.9 Å². The predicted molar refractivity (Wildman–Crippen MR) is 85.0 cm³/mol. The molecule has 116 valence electrons. The number of hydrogen-bond donors (Lipinski definition) is 1. The van der Waals surface area contributed by atoms with Crippen molar-refractivity contribution >= 4 is 5.69 Å². The zero-order valence-corrected chi connectivity index (χ0v) is 12.7. The van der Waals surface area contributed by atoms with Crippen molar-refractivity contribution in [3.63, 3.8) is 0 Å². The molecule has 22 heavy (non-hydrogen) atoms. The van der Waals surface area contributed by atoms with Crippen LogP contribution in [0, 0.1) is 0 Å². The third-order valence-corrected chi connectivity index (χ3v) is 4.50. The van der Waals surface area contributed by atoms with Crippen molar-refractivity contribution in [2.24, 2.45) is 0 Å². The van der Waals surface area contributed by atoms with Crippen molar-refractivity contribution in [2.75, 3.05) is 24.5 Å². The third-order valence-electron chi connectivity index (χ3n) is 4.50. The van der Waals surface area contributed by atoms with Gasteiger partial charge in [0.05, 0.1) is 0 Å². The summed E-state index contributed by atoms with van der Waals surface area (Å²) in [5, 5.41) is 7.69. The molecule has 2 heterocycles.